The first-order valence-corrected chi connectivity index (χ1v) is 7.33. The van der Waals surface area contributed by atoms with E-state index < -0.39 is 28.3 Å². The van der Waals surface area contributed by atoms with E-state index in [4.69, 9.17) is 11.6 Å². The molecule has 0 atom stereocenters. The lowest BCUT2D eigenvalue weighted by Crippen LogP contribution is -2.27. The van der Waals surface area contributed by atoms with Crippen LogP contribution in [-0.2, 0) is 12.7 Å². The van der Waals surface area contributed by atoms with Gasteiger partial charge in [-0.05, 0) is 29.8 Å². The molecule has 0 N–H and O–H groups in total. The van der Waals surface area contributed by atoms with Crippen LogP contribution in [0.3, 0.4) is 0 Å². The Hall–Kier alpha value is -2.61. The number of rotatable bonds is 4. The van der Waals surface area contributed by atoms with Gasteiger partial charge >= 0.3 is 6.18 Å². The Morgan fingerprint density at radius 3 is 2.32 bits per heavy atom. The van der Waals surface area contributed by atoms with Crippen LogP contribution >= 0.6 is 11.6 Å². The molecule has 2 rings (SSSR count). The fourth-order valence-corrected chi connectivity index (χ4v) is 2.35. The summed E-state index contributed by atoms with van der Waals surface area (Å²) in [7, 11) is 1.40. The van der Waals surface area contributed by atoms with E-state index in [1.165, 1.54) is 36.2 Å². The average molecular weight is 373 g/mol. The number of hydrogen-bond acceptors (Lipinski definition) is 3. The lowest BCUT2D eigenvalue weighted by molar-refractivity contribution is -0.385. The Morgan fingerprint density at radius 1 is 1.20 bits per heavy atom. The second-order valence-corrected chi connectivity index (χ2v) is 5.71. The number of carbonyl (C=O) groups excluding carboxylic acids is 1. The summed E-state index contributed by atoms with van der Waals surface area (Å²) in [4.78, 5) is 23.9. The third kappa shape index (κ3) is 4.48. The first kappa shape index (κ1) is 18.7. The van der Waals surface area contributed by atoms with Gasteiger partial charge in [0.05, 0.1) is 10.5 Å². The molecule has 0 aromatic heterocycles. The monoisotopic (exact) mass is 372 g/mol. The van der Waals surface area contributed by atoms with Crippen LogP contribution in [0.25, 0.3) is 0 Å². The zero-order valence-corrected chi connectivity index (χ0v) is 13.6. The van der Waals surface area contributed by atoms with E-state index in [1.54, 1.807) is 0 Å². The molecule has 0 bridgehead atoms. The fraction of sp³-hybridized carbons (Fsp3) is 0.188. The van der Waals surface area contributed by atoms with Gasteiger partial charge in [0.2, 0.25) is 0 Å². The van der Waals surface area contributed by atoms with E-state index in [0.29, 0.717) is 5.56 Å². The molecule has 0 fully saturated rings. The Kier molecular flexibility index (Phi) is 5.32. The number of nitrogens with zero attached hydrogens (tertiary/aromatic N) is 2. The normalized spacial score (nSPS) is 11.2. The van der Waals surface area contributed by atoms with Crippen LogP contribution in [0.5, 0.6) is 0 Å². The molecule has 1 amide bonds. The third-order valence-corrected chi connectivity index (χ3v) is 3.67. The highest BCUT2D eigenvalue weighted by Crippen LogP contribution is 2.29. The van der Waals surface area contributed by atoms with E-state index in [0.717, 1.165) is 18.2 Å². The molecule has 0 heterocycles. The van der Waals surface area contributed by atoms with Gasteiger partial charge in [0.15, 0.2) is 0 Å². The van der Waals surface area contributed by atoms with Crippen LogP contribution < -0.4 is 0 Å². The van der Waals surface area contributed by atoms with Crippen molar-refractivity contribution in [2.75, 3.05) is 7.05 Å². The number of amides is 1. The predicted molar refractivity (Wildman–Crippen MR) is 85.3 cm³/mol. The van der Waals surface area contributed by atoms with Gasteiger partial charge in [0.1, 0.15) is 5.56 Å². The minimum Gasteiger partial charge on any atom is -0.337 e. The highest BCUT2D eigenvalue weighted by atomic mass is 35.5. The summed E-state index contributed by atoms with van der Waals surface area (Å²) in [6.07, 6.45) is -4.44. The van der Waals surface area contributed by atoms with E-state index in [1.807, 2.05) is 0 Å². The van der Waals surface area contributed by atoms with Gasteiger partial charge in [-0.15, -0.1) is 0 Å². The summed E-state index contributed by atoms with van der Waals surface area (Å²) in [5.41, 5.74) is -0.917. The van der Waals surface area contributed by atoms with Crippen LogP contribution in [0.1, 0.15) is 21.5 Å². The SMILES string of the molecule is CN(Cc1ccc(C(F)(F)F)cc1)C(=O)c1ccc(Cl)cc1[N+](=O)[O-]. The molecule has 132 valence electrons. The van der Waals surface area contributed by atoms with Crippen molar-refractivity contribution in [2.45, 2.75) is 12.7 Å². The molecule has 0 unspecified atom stereocenters. The van der Waals surface area contributed by atoms with Crippen molar-refractivity contribution < 1.29 is 22.9 Å². The smallest absolute Gasteiger partial charge is 0.337 e. The average Bonchev–Trinajstić information content (AvgIpc) is 2.53. The zero-order chi connectivity index (χ0) is 18.8. The first-order chi connectivity index (χ1) is 11.6. The number of halogens is 4. The molecule has 0 saturated heterocycles. The Morgan fingerprint density at radius 2 is 1.80 bits per heavy atom. The van der Waals surface area contributed by atoms with E-state index >= 15 is 0 Å². The standard InChI is InChI=1S/C16H12ClF3N2O3/c1-21(9-10-2-4-11(5-3-10)16(18,19)20)15(23)13-7-6-12(17)8-14(13)22(24)25/h2-8H,9H2,1H3. The molecule has 25 heavy (non-hydrogen) atoms. The van der Waals surface area contributed by atoms with E-state index in [9.17, 15) is 28.1 Å². The van der Waals surface area contributed by atoms with Crippen molar-refractivity contribution in [3.63, 3.8) is 0 Å². The number of carbonyl (C=O) groups is 1. The molecule has 0 saturated carbocycles. The number of nitro groups is 1. The number of nitro benzene ring substituents is 1. The summed E-state index contributed by atoms with van der Waals surface area (Å²) in [6.45, 7) is -0.00322. The summed E-state index contributed by atoms with van der Waals surface area (Å²) in [5, 5.41) is 11.2. The van der Waals surface area contributed by atoms with Gasteiger partial charge in [-0.2, -0.15) is 13.2 Å². The van der Waals surface area contributed by atoms with Crippen LogP contribution in [0.4, 0.5) is 18.9 Å². The van der Waals surface area contributed by atoms with Crippen molar-refractivity contribution >= 4 is 23.2 Å². The maximum Gasteiger partial charge on any atom is 0.416 e. The van der Waals surface area contributed by atoms with Crippen molar-refractivity contribution in [2.24, 2.45) is 0 Å². The molecule has 2 aromatic carbocycles. The molecular formula is C16H12ClF3N2O3. The maximum atomic E-state index is 12.5. The zero-order valence-electron chi connectivity index (χ0n) is 12.9. The summed E-state index contributed by atoms with van der Waals surface area (Å²) >= 11 is 5.71. The van der Waals surface area contributed by atoms with Crippen LogP contribution in [-0.4, -0.2) is 22.8 Å². The fourth-order valence-electron chi connectivity index (χ4n) is 2.19. The van der Waals surface area contributed by atoms with Gasteiger partial charge in [-0.3, -0.25) is 14.9 Å². The van der Waals surface area contributed by atoms with E-state index in [2.05, 4.69) is 0 Å². The van der Waals surface area contributed by atoms with Crippen molar-refractivity contribution in [3.8, 4) is 0 Å². The highest BCUT2D eigenvalue weighted by molar-refractivity contribution is 6.31. The quantitative estimate of drug-likeness (QED) is 0.584. The van der Waals surface area contributed by atoms with Gasteiger partial charge in [-0.25, -0.2) is 0 Å². The highest BCUT2D eigenvalue weighted by Gasteiger charge is 2.30. The second kappa shape index (κ2) is 7.10. The van der Waals surface area contributed by atoms with Crippen molar-refractivity contribution in [1.82, 2.24) is 4.90 Å². The lowest BCUT2D eigenvalue weighted by Gasteiger charge is -2.18. The minimum absolute atomic E-state index is 0.00322. The molecule has 0 aliphatic carbocycles. The van der Waals surface area contributed by atoms with Crippen molar-refractivity contribution in [1.29, 1.82) is 0 Å². The minimum atomic E-state index is -4.44. The lowest BCUT2D eigenvalue weighted by atomic mass is 10.1. The molecule has 5 nitrogen and oxygen atoms in total. The van der Waals surface area contributed by atoms with E-state index in [-0.39, 0.29) is 17.1 Å². The Bertz CT molecular complexity index is 807. The van der Waals surface area contributed by atoms with Gasteiger partial charge in [0, 0.05) is 24.7 Å². The van der Waals surface area contributed by atoms with Gasteiger partial charge in [0.25, 0.3) is 11.6 Å². The summed E-state index contributed by atoms with van der Waals surface area (Å²) < 4.78 is 37.6. The van der Waals surface area contributed by atoms with Crippen LogP contribution in [0.15, 0.2) is 42.5 Å². The topological polar surface area (TPSA) is 63.5 Å². The van der Waals surface area contributed by atoms with Crippen LogP contribution in [0.2, 0.25) is 5.02 Å². The molecular weight excluding hydrogens is 361 g/mol. The largest absolute Gasteiger partial charge is 0.416 e. The number of alkyl halides is 3. The molecule has 0 aliphatic rings. The maximum absolute atomic E-state index is 12.5. The molecule has 9 heteroatoms. The summed E-state index contributed by atoms with van der Waals surface area (Å²) in [5.74, 6) is -0.636. The molecule has 0 spiro atoms. The number of benzene rings is 2. The first-order valence-electron chi connectivity index (χ1n) is 6.95. The Labute approximate surface area is 145 Å². The van der Waals surface area contributed by atoms with Gasteiger partial charge in [-0.1, -0.05) is 23.7 Å². The Balaban J connectivity index is 2.20. The number of hydrogen-bond donors (Lipinski definition) is 0. The molecule has 0 aliphatic heterocycles. The molecule has 2 aromatic rings. The predicted octanol–water partition coefficient (Wildman–Crippen LogP) is 4.54. The van der Waals surface area contributed by atoms with Crippen molar-refractivity contribution in [3.05, 3.63) is 74.3 Å². The summed E-state index contributed by atoms with van der Waals surface area (Å²) in [6, 6.07) is 8.00. The molecule has 0 radical (unpaired) electrons. The van der Waals surface area contributed by atoms with Crippen LogP contribution in [0, 0.1) is 10.1 Å². The second-order valence-electron chi connectivity index (χ2n) is 5.27. The van der Waals surface area contributed by atoms with Gasteiger partial charge < -0.3 is 4.90 Å². The third-order valence-electron chi connectivity index (χ3n) is 3.43.